The predicted octanol–water partition coefficient (Wildman–Crippen LogP) is 2.46. The molecule has 0 bridgehead atoms. The number of hydrogen-bond donors (Lipinski definition) is 0. The maximum atomic E-state index is 13.9. The van der Waals surface area contributed by atoms with Crippen LogP contribution < -0.4 is 15.7 Å². The molecule has 2 rings (SSSR count). The van der Waals surface area contributed by atoms with Crippen molar-refractivity contribution < 1.29 is 39.9 Å². The van der Waals surface area contributed by atoms with Crippen molar-refractivity contribution in [2.75, 3.05) is 7.11 Å². The Bertz CT molecular complexity index is 793. The Kier molecular flexibility index (Phi) is 4.53. The van der Waals surface area contributed by atoms with Crippen LogP contribution in [-0.2, 0) is 0 Å². The van der Waals surface area contributed by atoms with Crippen molar-refractivity contribution in [3.8, 4) is 5.75 Å². The van der Waals surface area contributed by atoms with E-state index in [9.17, 15) is 35.1 Å². The number of ether oxygens (including phenoxy) is 1. The molecule has 1 radical (unpaired) electrons. The second-order valence-electron chi connectivity index (χ2n) is 4.23. The molecular formula is C13H4BF8O. The predicted molar refractivity (Wildman–Crippen MR) is 64.1 cm³/mol. The lowest BCUT2D eigenvalue weighted by molar-refractivity contribution is 0.338. The van der Waals surface area contributed by atoms with E-state index in [4.69, 9.17) is 0 Å². The Balaban J connectivity index is 2.67. The van der Waals surface area contributed by atoms with Gasteiger partial charge in [-0.3, -0.25) is 0 Å². The number of rotatable bonds is 3. The molecule has 0 fully saturated rings. The molecule has 23 heavy (non-hydrogen) atoms. The van der Waals surface area contributed by atoms with Crippen LogP contribution in [0.15, 0.2) is 6.07 Å². The van der Waals surface area contributed by atoms with Gasteiger partial charge in [-0.1, -0.05) is 0 Å². The van der Waals surface area contributed by atoms with Gasteiger partial charge in [0.1, 0.15) is 5.82 Å². The topological polar surface area (TPSA) is 9.23 Å². The van der Waals surface area contributed by atoms with Crippen LogP contribution in [0.4, 0.5) is 35.1 Å². The normalized spacial score (nSPS) is 10.8. The summed E-state index contributed by atoms with van der Waals surface area (Å²) >= 11 is 0. The number of methoxy groups -OCH3 is 1. The standard InChI is InChI=1S/C13H4BF8O/c1-23-13-10(20)6(9(19)11(21)12(13)22)14-5-3(15)2-4(16)7(17)8(5)18/h2H,1H3. The molecule has 2 aromatic carbocycles. The van der Waals surface area contributed by atoms with Gasteiger partial charge < -0.3 is 4.74 Å². The second kappa shape index (κ2) is 6.09. The van der Waals surface area contributed by atoms with E-state index in [2.05, 4.69) is 4.74 Å². The SMILES string of the molecule is COc1c(F)c(F)c(F)c([B]c2c(F)cc(F)c(F)c2F)c1F. The van der Waals surface area contributed by atoms with Crippen LogP contribution >= 0.6 is 0 Å². The molecular weight excluding hydrogens is 335 g/mol. The molecule has 0 N–H and O–H groups in total. The molecule has 121 valence electrons. The van der Waals surface area contributed by atoms with E-state index in [1.165, 1.54) is 0 Å². The first kappa shape index (κ1) is 17.1. The Morgan fingerprint density at radius 2 is 1.22 bits per heavy atom. The summed E-state index contributed by atoms with van der Waals surface area (Å²) in [6, 6.07) is -0.0723. The smallest absolute Gasteiger partial charge is 0.207 e. The highest BCUT2D eigenvalue weighted by molar-refractivity contribution is 6.67. The highest BCUT2D eigenvalue weighted by Crippen LogP contribution is 2.24. The van der Waals surface area contributed by atoms with Crippen LogP contribution in [0.3, 0.4) is 0 Å². The van der Waals surface area contributed by atoms with Gasteiger partial charge in [-0.2, -0.15) is 4.39 Å². The van der Waals surface area contributed by atoms with E-state index in [0.717, 1.165) is 7.11 Å². The maximum absolute atomic E-state index is 13.9. The number of halogens is 8. The minimum absolute atomic E-state index is 0.0306. The van der Waals surface area contributed by atoms with Crippen molar-refractivity contribution in [2.24, 2.45) is 0 Å². The van der Waals surface area contributed by atoms with Crippen molar-refractivity contribution >= 4 is 18.2 Å². The summed E-state index contributed by atoms with van der Waals surface area (Å²) in [5.74, 6) is -17.2. The molecule has 0 amide bonds. The van der Waals surface area contributed by atoms with Crippen molar-refractivity contribution in [3.63, 3.8) is 0 Å². The van der Waals surface area contributed by atoms with Crippen molar-refractivity contribution in [2.45, 2.75) is 0 Å². The summed E-state index contributed by atoms with van der Waals surface area (Å²) in [6.07, 6.45) is 0. The zero-order chi connectivity index (χ0) is 17.5. The molecule has 0 unspecified atom stereocenters. The monoisotopic (exact) mass is 339 g/mol. The Hall–Kier alpha value is -2.26. The maximum Gasteiger partial charge on any atom is 0.207 e. The molecule has 0 heterocycles. The molecule has 0 spiro atoms. The van der Waals surface area contributed by atoms with Crippen LogP contribution in [0.5, 0.6) is 5.75 Å². The van der Waals surface area contributed by atoms with E-state index >= 15 is 0 Å². The molecule has 0 aliphatic heterocycles. The fourth-order valence-electron chi connectivity index (χ4n) is 1.79. The minimum atomic E-state index is -2.17. The Labute approximate surface area is 124 Å². The van der Waals surface area contributed by atoms with Gasteiger partial charge in [0.2, 0.25) is 13.1 Å². The van der Waals surface area contributed by atoms with Crippen LogP contribution in [0.25, 0.3) is 0 Å². The zero-order valence-corrected chi connectivity index (χ0v) is 11.1. The minimum Gasteiger partial charge on any atom is -0.491 e. The zero-order valence-electron chi connectivity index (χ0n) is 11.1. The summed E-state index contributed by atoms with van der Waals surface area (Å²) in [6.45, 7) is 0. The third-order valence-corrected chi connectivity index (χ3v) is 2.90. The summed E-state index contributed by atoms with van der Waals surface area (Å²) in [5, 5.41) is 0. The van der Waals surface area contributed by atoms with Gasteiger partial charge in [0.15, 0.2) is 40.7 Å². The van der Waals surface area contributed by atoms with Gasteiger partial charge in [-0.25, -0.2) is 30.7 Å². The van der Waals surface area contributed by atoms with E-state index in [1.807, 2.05) is 0 Å². The first-order valence-corrected chi connectivity index (χ1v) is 5.78. The quantitative estimate of drug-likeness (QED) is 0.361. The third-order valence-electron chi connectivity index (χ3n) is 2.90. The molecule has 0 aromatic heterocycles. The average Bonchev–Trinajstić information content (AvgIpc) is 2.50. The highest BCUT2D eigenvalue weighted by atomic mass is 19.2. The van der Waals surface area contributed by atoms with Gasteiger partial charge in [0, 0.05) is 6.07 Å². The molecule has 0 aliphatic rings. The third kappa shape index (κ3) is 2.73. The molecule has 1 nitrogen and oxygen atoms in total. The Morgan fingerprint density at radius 3 is 1.78 bits per heavy atom. The summed E-state index contributed by atoms with van der Waals surface area (Å²) in [7, 11) is 0.768. The number of hydrogen-bond acceptors (Lipinski definition) is 1. The first-order chi connectivity index (χ1) is 10.7. The molecule has 0 saturated carbocycles. The molecule has 0 saturated heterocycles. The van der Waals surface area contributed by atoms with Crippen molar-refractivity contribution in [1.82, 2.24) is 0 Å². The van der Waals surface area contributed by atoms with E-state index in [0.29, 0.717) is 0 Å². The highest BCUT2D eigenvalue weighted by Gasteiger charge is 2.29. The lowest BCUT2D eigenvalue weighted by Crippen LogP contribution is -2.38. The Morgan fingerprint density at radius 1 is 0.652 bits per heavy atom. The van der Waals surface area contributed by atoms with Crippen molar-refractivity contribution in [3.05, 3.63) is 52.6 Å². The van der Waals surface area contributed by atoms with Gasteiger partial charge in [-0.15, -0.1) is 0 Å². The van der Waals surface area contributed by atoms with E-state index in [-0.39, 0.29) is 13.3 Å². The lowest BCUT2D eigenvalue weighted by Gasteiger charge is -2.12. The van der Waals surface area contributed by atoms with E-state index < -0.39 is 63.2 Å². The van der Waals surface area contributed by atoms with Crippen molar-refractivity contribution in [1.29, 1.82) is 0 Å². The van der Waals surface area contributed by atoms with E-state index in [1.54, 1.807) is 0 Å². The summed E-state index contributed by atoms with van der Waals surface area (Å²) in [4.78, 5) is 0. The average molecular weight is 339 g/mol. The molecule has 10 heteroatoms. The van der Waals surface area contributed by atoms with Gasteiger partial charge >= 0.3 is 0 Å². The fraction of sp³-hybridized carbons (Fsp3) is 0.0769. The van der Waals surface area contributed by atoms with Crippen LogP contribution in [0.2, 0.25) is 0 Å². The number of benzene rings is 2. The van der Waals surface area contributed by atoms with Gasteiger partial charge in [0.25, 0.3) is 0 Å². The van der Waals surface area contributed by atoms with Gasteiger partial charge in [-0.05, 0) is 10.9 Å². The summed E-state index contributed by atoms with van der Waals surface area (Å²) < 4.78 is 111. The lowest BCUT2D eigenvalue weighted by atomic mass is 9.62. The summed E-state index contributed by atoms with van der Waals surface area (Å²) in [5.41, 5.74) is -2.81. The van der Waals surface area contributed by atoms with Crippen LogP contribution in [0, 0.1) is 46.5 Å². The second-order valence-corrected chi connectivity index (χ2v) is 4.23. The molecule has 0 aliphatic carbocycles. The first-order valence-electron chi connectivity index (χ1n) is 5.78. The largest absolute Gasteiger partial charge is 0.491 e. The fourth-order valence-corrected chi connectivity index (χ4v) is 1.79. The molecule has 2 aromatic rings. The molecule has 0 atom stereocenters. The van der Waals surface area contributed by atoms with Gasteiger partial charge in [0.05, 0.1) is 7.11 Å². The van der Waals surface area contributed by atoms with Crippen LogP contribution in [0.1, 0.15) is 0 Å². The van der Waals surface area contributed by atoms with Crippen LogP contribution in [-0.4, -0.2) is 14.4 Å².